The molecule has 0 saturated heterocycles. The fourth-order valence-electron chi connectivity index (χ4n) is 1.89. The van der Waals surface area contributed by atoms with Crippen molar-refractivity contribution in [2.24, 2.45) is 0 Å². The smallest absolute Gasteiger partial charge is 0.228 e. The van der Waals surface area contributed by atoms with Gasteiger partial charge in [-0.1, -0.05) is 5.16 Å². The summed E-state index contributed by atoms with van der Waals surface area (Å²) in [6.07, 6.45) is 4.07. The summed E-state index contributed by atoms with van der Waals surface area (Å²) in [5, 5.41) is 10.8. The Morgan fingerprint density at radius 1 is 1.45 bits per heavy atom. The fraction of sp³-hybridized carbons (Fsp3) is 0.250. The number of H-pyrrole nitrogens is 1. The second kappa shape index (κ2) is 5.33. The van der Waals surface area contributed by atoms with Gasteiger partial charge in [-0.25, -0.2) is 0 Å². The van der Waals surface area contributed by atoms with Crippen LogP contribution in [0.2, 0.25) is 0 Å². The van der Waals surface area contributed by atoms with Crippen LogP contribution in [0.15, 0.2) is 29.0 Å². The van der Waals surface area contributed by atoms with E-state index in [1.54, 1.807) is 19.3 Å². The van der Waals surface area contributed by atoms with Crippen LogP contribution in [-0.4, -0.2) is 29.9 Å². The molecule has 3 aromatic rings. The molecule has 0 aromatic carbocycles. The average molecular weight is 288 g/mol. The summed E-state index contributed by atoms with van der Waals surface area (Å²) in [5.74, 6) is 1.96. The molecule has 0 radical (unpaired) electrons. The first-order valence-corrected chi connectivity index (χ1v) is 6.49. The Morgan fingerprint density at radius 2 is 2.35 bits per heavy atom. The standard InChI is InChI=1S/C12H12N6OS/c1-8-14-10(19-17-8)4-6-18-11(15-16-12(18)20)9-3-2-5-13-7-9/h2-3,5,7H,4,6H2,1H3,(H,16,20). The SMILES string of the molecule is Cc1noc(CCn2c(-c3cccnc3)n[nH]c2=S)n1. The zero-order valence-electron chi connectivity index (χ0n) is 10.8. The molecular formula is C12H12N6OS. The average Bonchev–Trinajstić information content (AvgIpc) is 3.04. The van der Waals surface area contributed by atoms with E-state index < -0.39 is 0 Å². The van der Waals surface area contributed by atoms with Crippen molar-refractivity contribution < 1.29 is 4.52 Å². The first-order chi connectivity index (χ1) is 9.74. The molecule has 3 aromatic heterocycles. The molecule has 3 heterocycles. The first-order valence-electron chi connectivity index (χ1n) is 6.09. The second-order valence-electron chi connectivity index (χ2n) is 4.23. The summed E-state index contributed by atoms with van der Waals surface area (Å²) >= 11 is 5.25. The number of aryl methyl sites for hydroxylation is 2. The van der Waals surface area contributed by atoms with Crippen LogP contribution in [-0.2, 0) is 13.0 Å². The highest BCUT2D eigenvalue weighted by Gasteiger charge is 2.10. The zero-order valence-corrected chi connectivity index (χ0v) is 11.6. The Kier molecular flexibility index (Phi) is 3.38. The maximum atomic E-state index is 5.25. The monoisotopic (exact) mass is 288 g/mol. The van der Waals surface area contributed by atoms with Crippen LogP contribution in [0.4, 0.5) is 0 Å². The van der Waals surface area contributed by atoms with Gasteiger partial charge in [-0.05, 0) is 31.3 Å². The van der Waals surface area contributed by atoms with E-state index in [1.165, 1.54) is 0 Å². The molecular weight excluding hydrogens is 276 g/mol. The van der Waals surface area contributed by atoms with Gasteiger partial charge in [-0.2, -0.15) is 10.1 Å². The van der Waals surface area contributed by atoms with Gasteiger partial charge in [0.15, 0.2) is 16.4 Å². The van der Waals surface area contributed by atoms with Crippen LogP contribution < -0.4 is 0 Å². The maximum Gasteiger partial charge on any atom is 0.228 e. The van der Waals surface area contributed by atoms with Crippen LogP contribution >= 0.6 is 12.2 Å². The number of hydrogen-bond acceptors (Lipinski definition) is 6. The van der Waals surface area contributed by atoms with E-state index in [0.717, 1.165) is 11.4 Å². The van der Waals surface area contributed by atoms with Crippen molar-refractivity contribution in [3.8, 4) is 11.4 Å². The number of rotatable bonds is 4. The van der Waals surface area contributed by atoms with Crippen molar-refractivity contribution in [3.05, 3.63) is 41.0 Å². The highest BCUT2D eigenvalue weighted by Crippen LogP contribution is 2.16. The normalized spacial score (nSPS) is 10.8. The number of nitrogens with one attached hydrogen (secondary N) is 1. The predicted molar refractivity (Wildman–Crippen MR) is 73.4 cm³/mol. The highest BCUT2D eigenvalue weighted by molar-refractivity contribution is 7.71. The van der Waals surface area contributed by atoms with Crippen molar-refractivity contribution in [2.45, 2.75) is 19.9 Å². The summed E-state index contributed by atoms with van der Waals surface area (Å²) in [4.78, 5) is 8.27. The number of hydrogen-bond donors (Lipinski definition) is 1. The lowest BCUT2D eigenvalue weighted by molar-refractivity contribution is 0.368. The van der Waals surface area contributed by atoms with Crippen LogP contribution in [0, 0.1) is 11.7 Å². The van der Waals surface area contributed by atoms with Gasteiger partial charge in [0, 0.05) is 30.9 Å². The van der Waals surface area contributed by atoms with Crippen LogP contribution in [0.25, 0.3) is 11.4 Å². The molecule has 8 heteroatoms. The first kappa shape index (κ1) is 12.7. The Labute approximate surface area is 119 Å². The van der Waals surface area contributed by atoms with E-state index in [2.05, 4.69) is 25.3 Å². The minimum absolute atomic E-state index is 0.556. The van der Waals surface area contributed by atoms with E-state index >= 15 is 0 Å². The molecule has 0 bridgehead atoms. The lowest BCUT2D eigenvalue weighted by Crippen LogP contribution is -2.04. The minimum atomic E-state index is 0.556. The Hall–Kier alpha value is -2.35. The minimum Gasteiger partial charge on any atom is -0.339 e. The van der Waals surface area contributed by atoms with Gasteiger partial charge in [-0.3, -0.25) is 14.6 Å². The van der Waals surface area contributed by atoms with Crippen molar-refractivity contribution in [3.63, 3.8) is 0 Å². The van der Waals surface area contributed by atoms with Gasteiger partial charge in [0.1, 0.15) is 0 Å². The predicted octanol–water partition coefficient (Wildman–Crippen LogP) is 1.94. The quantitative estimate of drug-likeness (QED) is 0.738. The Balaban J connectivity index is 1.86. The van der Waals surface area contributed by atoms with Gasteiger partial charge in [0.2, 0.25) is 5.89 Å². The highest BCUT2D eigenvalue weighted by atomic mass is 32.1. The topological polar surface area (TPSA) is 85.4 Å². The number of aromatic amines is 1. The molecule has 0 spiro atoms. The summed E-state index contributed by atoms with van der Waals surface area (Å²) in [6.45, 7) is 2.40. The molecule has 20 heavy (non-hydrogen) atoms. The van der Waals surface area contributed by atoms with E-state index in [0.29, 0.717) is 29.5 Å². The van der Waals surface area contributed by atoms with E-state index in [-0.39, 0.29) is 0 Å². The van der Waals surface area contributed by atoms with E-state index in [9.17, 15) is 0 Å². The summed E-state index contributed by atoms with van der Waals surface area (Å²) in [7, 11) is 0. The third-order valence-electron chi connectivity index (χ3n) is 2.80. The number of pyridine rings is 1. The van der Waals surface area contributed by atoms with Crippen molar-refractivity contribution >= 4 is 12.2 Å². The van der Waals surface area contributed by atoms with Gasteiger partial charge in [0.05, 0.1) is 0 Å². The summed E-state index contributed by atoms with van der Waals surface area (Å²) < 4.78 is 7.55. The summed E-state index contributed by atoms with van der Waals surface area (Å²) in [5.41, 5.74) is 0.904. The molecule has 0 amide bonds. The Morgan fingerprint density at radius 3 is 3.05 bits per heavy atom. The molecule has 1 N–H and O–H groups in total. The third kappa shape index (κ3) is 2.50. The van der Waals surface area contributed by atoms with E-state index in [4.69, 9.17) is 16.7 Å². The molecule has 7 nitrogen and oxygen atoms in total. The fourth-order valence-corrected chi connectivity index (χ4v) is 2.11. The molecule has 0 fully saturated rings. The van der Waals surface area contributed by atoms with Crippen molar-refractivity contribution in [2.75, 3.05) is 0 Å². The largest absolute Gasteiger partial charge is 0.339 e. The number of nitrogens with zero attached hydrogens (tertiary/aromatic N) is 5. The van der Waals surface area contributed by atoms with Crippen LogP contribution in [0.3, 0.4) is 0 Å². The molecule has 0 aliphatic rings. The van der Waals surface area contributed by atoms with E-state index in [1.807, 2.05) is 16.7 Å². The zero-order chi connectivity index (χ0) is 13.9. The molecule has 0 saturated carbocycles. The molecule has 0 aliphatic carbocycles. The van der Waals surface area contributed by atoms with Gasteiger partial charge >= 0.3 is 0 Å². The van der Waals surface area contributed by atoms with Crippen LogP contribution in [0.5, 0.6) is 0 Å². The van der Waals surface area contributed by atoms with Crippen molar-refractivity contribution in [1.82, 2.24) is 29.9 Å². The van der Waals surface area contributed by atoms with Gasteiger partial charge < -0.3 is 4.52 Å². The molecule has 0 unspecified atom stereocenters. The summed E-state index contributed by atoms with van der Waals surface area (Å²) in [6, 6.07) is 3.80. The second-order valence-corrected chi connectivity index (χ2v) is 4.62. The molecule has 0 atom stereocenters. The maximum absolute atomic E-state index is 5.25. The van der Waals surface area contributed by atoms with Crippen molar-refractivity contribution in [1.29, 1.82) is 0 Å². The van der Waals surface area contributed by atoms with Gasteiger partial charge in [0.25, 0.3) is 0 Å². The lowest BCUT2D eigenvalue weighted by atomic mass is 10.2. The van der Waals surface area contributed by atoms with Crippen LogP contribution in [0.1, 0.15) is 11.7 Å². The molecule has 3 rings (SSSR count). The van der Waals surface area contributed by atoms with Gasteiger partial charge in [-0.15, -0.1) is 0 Å². The lowest BCUT2D eigenvalue weighted by Gasteiger charge is -2.04. The molecule has 102 valence electrons. The third-order valence-corrected chi connectivity index (χ3v) is 3.11. The number of aromatic nitrogens is 6. The molecule has 0 aliphatic heterocycles. The Bertz CT molecular complexity index is 760.